The van der Waals surface area contributed by atoms with E-state index in [2.05, 4.69) is 15.0 Å². The van der Waals surface area contributed by atoms with E-state index in [9.17, 15) is 15.0 Å². The lowest BCUT2D eigenvalue weighted by atomic mass is 10.1. The smallest absolute Gasteiger partial charge is 0.346 e. The van der Waals surface area contributed by atoms with E-state index in [1.54, 1.807) is 0 Å². The van der Waals surface area contributed by atoms with Gasteiger partial charge in [-0.25, -0.2) is 9.78 Å². The van der Waals surface area contributed by atoms with Gasteiger partial charge in [0.15, 0.2) is 6.23 Å². The van der Waals surface area contributed by atoms with Gasteiger partial charge in [-0.3, -0.25) is 9.55 Å². The molecule has 2 aromatic rings. The highest BCUT2D eigenvalue weighted by atomic mass is 16.6. The number of aliphatic hydroxyl groups is 3. The van der Waals surface area contributed by atoms with Crippen LogP contribution in [0.2, 0.25) is 0 Å². The summed E-state index contributed by atoms with van der Waals surface area (Å²) in [5.74, 6) is 0. The molecular weight excluding hydrogens is 256 g/mol. The molecule has 19 heavy (non-hydrogen) atoms. The summed E-state index contributed by atoms with van der Waals surface area (Å²) in [5.41, 5.74) is 0.202. The van der Waals surface area contributed by atoms with Crippen LogP contribution in [0, 0.1) is 0 Å². The van der Waals surface area contributed by atoms with Crippen LogP contribution < -0.4 is 5.69 Å². The van der Waals surface area contributed by atoms with Gasteiger partial charge in [0.1, 0.15) is 29.5 Å². The minimum atomic E-state index is -1.23. The highest BCUT2D eigenvalue weighted by Crippen LogP contribution is 2.30. The van der Waals surface area contributed by atoms with Crippen LogP contribution in [-0.2, 0) is 4.74 Å². The molecule has 0 amide bonds. The second kappa shape index (κ2) is 4.38. The van der Waals surface area contributed by atoms with Crippen molar-refractivity contribution in [3.63, 3.8) is 0 Å². The molecule has 3 rings (SSSR count). The first-order chi connectivity index (χ1) is 9.11. The van der Waals surface area contributed by atoms with Crippen molar-refractivity contribution < 1.29 is 20.1 Å². The van der Waals surface area contributed by atoms with Gasteiger partial charge in [-0.05, 0) is 0 Å². The maximum absolute atomic E-state index is 11.2. The number of ether oxygens (including phenoxy) is 1. The molecule has 0 bridgehead atoms. The summed E-state index contributed by atoms with van der Waals surface area (Å²) < 4.78 is 6.75. The lowest BCUT2D eigenvalue weighted by Gasteiger charge is -2.16. The van der Waals surface area contributed by atoms with E-state index in [0.717, 1.165) is 0 Å². The molecule has 0 aliphatic carbocycles. The van der Waals surface area contributed by atoms with Crippen molar-refractivity contribution in [1.82, 2.24) is 19.5 Å². The van der Waals surface area contributed by atoms with Crippen LogP contribution in [-0.4, -0.2) is 59.8 Å². The van der Waals surface area contributed by atoms with Crippen molar-refractivity contribution in [2.24, 2.45) is 0 Å². The number of hydrogen-bond acceptors (Lipinski definition) is 7. The molecule has 0 radical (unpaired) electrons. The number of imidazole rings is 1. The van der Waals surface area contributed by atoms with Gasteiger partial charge in [0.05, 0.1) is 19.1 Å². The standard InChI is InChI=1S/C10H12N4O5/c15-2-5-6(16)7(17)9(19-5)14-3-12-4-1-11-10(18)13-8(4)14/h1,3,5-7,9,15-17H,2H2,(H,11,13,18). The first-order valence-electron chi connectivity index (χ1n) is 5.66. The van der Waals surface area contributed by atoms with Gasteiger partial charge in [0.2, 0.25) is 0 Å². The van der Waals surface area contributed by atoms with Crippen LogP contribution in [0.15, 0.2) is 17.3 Å². The Bertz CT molecular complexity index is 653. The summed E-state index contributed by atoms with van der Waals surface area (Å²) in [4.78, 5) is 21.2. The van der Waals surface area contributed by atoms with Gasteiger partial charge < -0.3 is 20.1 Å². The molecule has 0 spiro atoms. The first-order valence-corrected chi connectivity index (χ1v) is 5.66. The maximum atomic E-state index is 11.2. The molecule has 0 aromatic carbocycles. The van der Waals surface area contributed by atoms with E-state index in [-0.39, 0.29) is 0 Å². The Morgan fingerprint density at radius 1 is 1.37 bits per heavy atom. The van der Waals surface area contributed by atoms with Crippen molar-refractivity contribution in [3.8, 4) is 0 Å². The van der Waals surface area contributed by atoms with E-state index in [1.165, 1.54) is 17.1 Å². The molecule has 1 fully saturated rings. The third-order valence-corrected chi connectivity index (χ3v) is 3.14. The molecule has 1 saturated heterocycles. The van der Waals surface area contributed by atoms with Crippen LogP contribution in [0.5, 0.6) is 0 Å². The Kier molecular flexibility index (Phi) is 2.82. The van der Waals surface area contributed by atoms with Gasteiger partial charge in [0.25, 0.3) is 0 Å². The Labute approximate surface area is 106 Å². The fourth-order valence-corrected chi connectivity index (χ4v) is 2.15. The predicted molar refractivity (Wildman–Crippen MR) is 61.2 cm³/mol. The minimum absolute atomic E-state index is 0.329. The fraction of sp³-hybridized carbons (Fsp3) is 0.500. The van der Waals surface area contributed by atoms with Crippen LogP contribution in [0.4, 0.5) is 0 Å². The number of aromatic amines is 1. The molecular formula is C10H12N4O5. The van der Waals surface area contributed by atoms with Crippen molar-refractivity contribution in [3.05, 3.63) is 23.0 Å². The highest BCUT2D eigenvalue weighted by Gasteiger charge is 2.43. The summed E-state index contributed by atoms with van der Waals surface area (Å²) in [7, 11) is 0. The number of aromatic nitrogens is 4. The molecule has 2 aromatic heterocycles. The number of hydrogen-bond donors (Lipinski definition) is 4. The van der Waals surface area contributed by atoms with Gasteiger partial charge in [-0.2, -0.15) is 4.98 Å². The van der Waals surface area contributed by atoms with Crippen LogP contribution in [0.3, 0.4) is 0 Å². The predicted octanol–water partition coefficient (Wildman–Crippen LogP) is -2.27. The van der Waals surface area contributed by atoms with E-state index in [1.807, 2.05) is 0 Å². The first kappa shape index (κ1) is 12.2. The number of nitrogens with one attached hydrogen (secondary N) is 1. The normalized spacial score (nSPS) is 31.1. The van der Waals surface area contributed by atoms with E-state index in [0.29, 0.717) is 11.2 Å². The number of nitrogens with zero attached hydrogens (tertiary/aromatic N) is 3. The number of aliphatic hydroxyl groups excluding tert-OH is 3. The number of fused-ring (bicyclic) bond motifs is 1. The zero-order valence-electron chi connectivity index (χ0n) is 9.67. The molecule has 102 valence electrons. The average molecular weight is 268 g/mol. The van der Waals surface area contributed by atoms with Gasteiger partial charge >= 0.3 is 5.69 Å². The SMILES string of the molecule is O=c1ncc2ncn(C3OC(CO)C(O)C3O)c2[nH]1. The van der Waals surface area contributed by atoms with E-state index >= 15 is 0 Å². The molecule has 1 aliphatic heterocycles. The van der Waals surface area contributed by atoms with Crippen molar-refractivity contribution in [2.45, 2.75) is 24.5 Å². The zero-order chi connectivity index (χ0) is 13.6. The lowest BCUT2D eigenvalue weighted by molar-refractivity contribution is -0.0511. The third-order valence-electron chi connectivity index (χ3n) is 3.14. The summed E-state index contributed by atoms with van der Waals surface area (Å²) in [6.45, 7) is -0.417. The van der Waals surface area contributed by atoms with Crippen molar-refractivity contribution in [2.75, 3.05) is 6.61 Å². The Hall–Kier alpha value is -1.81. The molecule has 9 nitrogen and oxygen atoms in total. The summed E-state index contributed by atoms with van der Waals surface area (Å²) in [6, 6.07) is 0. The van der Waals surface area contributed by atoms with Gasteiger partial charge in [0, 0.05) is 0 Å². The van der Waals surface area contributed by atoms with Crippen molar-refractivity contribution >= 4 is 11.2 Å². The Morgan fingerprint density at radius 3 is 2.84 bits per heavy atom. The van der Waals surface area contributed by atoms with E-state index < -0.39 is 36.8 Å². The number of rotatable bonds is 2. The van der Waals surface area contributed by atoms with Crippen LogP contribution in [0.25, 0.3) is 11.2 Å². The topological polar surface area (TPSA) is 133 Å². The molecule has 1 aliphatic rings. The van der Waals surface area contributed by atoms with E-state index in [4.69, 9.17) is 9.84 Å². The summed E-state index contributed by atoms with van der Waals surface area (Å²) in [5, 5.41) is 28.7. The second-order valence-electron chi connectivity index (χ2n) is 4.30. The third kappa shape index (κ3) is 1.83. The molecule has 4 atom stereocenters. The Morgan fingerprint density at radius 2 is 2.16 bits per heavy atom. The van der Waals surface area contributed by atoms with Crippen LogP contribution >= 0.6 is 0 Å². The molecule has 4 unspecified atom stereocenters. The monoisotopic (exact) mass is 268 g/mol. The highest BCUT2D eigenvalue weighted by molar-refractivity contribution is 5.68. The summed E-state index contributed by atoms with van der Waals surface area (Å²) >= 11 is 0. The maximum Gasteiger partial charge on any atom is 0.346 e. The van der Waals surface area contributed by atoms with Gasteiger partial charge in [-0.1, -0.05) is 0 Å². The molecule has 0 saturated carbocycles. The largest absolute Gasteiger partial charge is 0.394 e. The number of H-pyrrole nitrogens is 1. The second-order valence-corrected chi connectivity index (χ2v) is 4.30. The van der Waals surface area contributed by atoms with Crippen molar-refractivity contribution in [1.29, 1.82) is 0 Å². The lowest BCUT2D eigenvalue weighted by Crippen LogP contribution is -2.33. The molecule has 3 heterocycles. The fourth-order valence-electron chi connectivity index (χ4n) is 2.15. The quantitative estimate of drug-likeness (QED) is 0.482. The average Bonchev–Trinajstić information content (AvgIpc) is 2.92. The van der Waals surface area contributed by atoms with Gasteiger partial charge in [-0.15, -0.1) is 0 Å². The summed E-state index contributed by atoms with van der Waals surface area (Å²) in [6.07, 6.45) is -1.59. The molecule has 4 N–H and O–H groups in total. The minimum Gasteiger partial charge on any atom is -0.394 e. The Balaban J connectivity index is 2.05. The zero-order valence-corrected chi connectivity index (χ0v) is 9.67. The molecule has 9 heteroatoms. The van der Waals surface area contributed by atoms with Crippen LogP contribution in [0.1, 0.15) is 6.23 Å².